The second kappa shape index (κ2) is 6.06. The van der Waals surface area contributed by atoms with Gasteiger partial charge in [-0.15, -0.1) is 0 Å². The van der Waals surface area contributed by atoms with Gasteiger partial charge in [0.05, 0.1) is 11.4 Å². The molecule has 2 unspecified atom stereocenters. The van der Waals surface area contributed by atoms with Crippen LogP contribution in [-0.2, 0) is 10.0 Å². The first-order chi connectivity index (χ1) is 9.73. The van der Waals surface area contributed by atoms with Gasteiger partial charge >= 0.3 is 0 Å². The second-order valence-electron chi connectivity index (χ2n) is 5.64. The molecule has 2 rings (SSSR count). The standard InChI is InChI=1S/C14H23N3O2S2/c1-10-8-17(9-11(2)20-10)12-6-5-7-13(14(12)15)21(18,19)16(3)4/h5-7,10-11H,8-9,15H2,1-4H3. The number of anilines is 2. The van der Waals surface area contributed by atoms with Crippen molar-refractivity contribution in [2.24, 2.45) is 0 Å². The first-order valence-corrected chi connectivity index (χ1v) is 9.33. The first-order valence-electron chi connectivity index (χ1n) is 6.95. The van der Waals surface area contributed by atoms with E-state index < -0.39 is 10.0 Å². The number of hydrogen-bond donors (Lipinski definition) is 1. The molecule has 0 bridgehead atoms. The molecular formula is C14H23N3O2S2. The van der Waals surface area contributed by atoms with Crippen LogP contribution in [0.4, 0.5) is 11.4 Å². The van der Waals surface area contributed by atoms with Crippen LogP contribution >= 0.6 is 11.8 Å². The van der Waals surface area contributed by atoms with Crippen molar-refractivity contribution in [3.05, 3.63) is 18.2 Å². The van der Waals surface area contributed by atoms with Gasteiger partial charge in [-0.1, -0.05) is 19.9 Å². The van der Waals surface area contributed by atoms with Crippen molar-refractivity contribution in [2.45, 2.75) is 29.2 Å². The minimum atomic E-state index is -3.52. The predicted molar refractivity (Wildman–Crippen MR) is 90.5 cm³/mol. The van der Waals surface area contributed by atoms with Crippen LogP contribution in [0.1, 0.15) is 13.8 Å². The lowest BCUT2D eigenvalue weighted by atomic mass is 10.2. The van der Waals surface area contributed by atoms with Crippen LogP contribution < -0.4 is 10.6 Å². The number of thioether (sulfide) groups is 1. The van der Waals surface area contributed by atoms with Crippen LogP contribution in [0.3, 0.4) is 0 Å². The molecule has 2 atom stereocenters. The number of benzene rings is 1. The molecule has 5 nitrogen and oxygen atoms in total. The molecule has 21 heavy (non-hydrogen) atoms. The molecule has 1 fully saturated rings. The van der Waals surface area contributed by atoms with Crippen molar-refractivity contribution < 1.29 is 8.42 Å². The van der Waals surface area contributed by atoms with Gasteiger partial charge in [-0.25, -0.2) is 12.7 Å². The molecule has 0 spiro atoms. The summed E-state index contributed by atoms with van der Waals surface area (Å²) in [5.41, 5.74) is 7.34. The second-order valence-corrected chi connectivity index (χ2v) is 9.64. The Kier molecular flexibility index (Phi) is 4.75. The van der Waals surface area contributed by atoms with E-state index in [0.717, 1.165) is 18.8 Å². The Bertz CT molecular complexity index is 607. The number of nitrogen functional groups attached to an aromatic ring is 1. The third-order valence-electron chi connectivity index (χ3n) is 3.56. The van der Waals surface area contributed by atoms with Crippen LogP contribution in [0.15, 0.2) is 23.1 Å². The topological polar surface area (TPSA) is 66.6 Å². The normalized spacial score (nSPS) is 23.6. The maximum Gasteiger partial charge on any atom is 0.244 e. The summed E-state index contributed by atoms with van der Waals surface area (Å²) in [6.07, 6.45) is 0. The zero-order valence-electron chi connectivity index (χ0n) is 12.9. The van der Waals surface area contributed by atoms with Gasteiger partial charge < -0.3 is 10.6 Å². The Labute approximate surface area is 131 Å². The van der Waals surface area contributed by atoms with Crippen LogP contribution in [0.25, 0.3) is 0 Å². The van der Waals surface area contributed by atoms with Gasteiger partial charge in [0, 0.05) is 37.7 Å². The number of nitrogens with zero attached hydrogens (tertiary/aromatic N) is 2. The zero-order chi connectivity index (χ0) is 15.8. The Morgan fingerprint density at radius 1 is 1.24 bits per heavy atom. The molecule has 2 N–H and O–H groups in total. The molecule has 0 aromatic heterocycles. The van der Waals surface area contributed by atoms with E-state index in [1.165, 1.54) is 18.4 Å². The van der Waals surface area contributed by atoms with Gasteiger partial charge in [0.1, 0.15) is 4.90 Å². The highest BCUT2D eigenvalue weighted by Crippen LogP contribution is 2.35. The quantitative estimate of drug-likeness (QED) is 0.857. The fraction of sp³-hybridized carbons (Fsp3) is 0.571. The highest BCUT2D eigenvalue weighted by molar-refractivity contribution is 8.00. The molecule has 1 heterocycles. The van der Waals surface area contributed by atoms with Crippen molar-refractivity contribution >= 4 is 33.2 Å². The van der Waals surface area contributed by atoms with Gasteiger partial charge in [0.15, 0.2) is 0 Å². The van der Waals surface area contributed by atoms with E-state index in [2.05, 4.69) is 18.7 Å². The Morgan fingerprint density at radius 3 is 2.33 bits per heavy atom. The Balaban J connectivity index is 2.43. The van der Waals surface area contributed by atoms with Gasteiger partial charge in [0.2, 0.25) is 10.0 Å². The lowest BCUT2D eigenvalue weighted by Gasteiger charge is -2.37. The van der Waals surface area contributed by atoms with E-state index in [-0.39, 0.29) is 4.90 Å². The predicted octanol–water partition coefficient (Wildman–Crippen LogP) is 1.85. The Hall–Kier alpha value is -0.920. The van der Waals surface area contributed by atoms with Gasteiger partial charge in [-0.2, -0.15) is 11.8 Å². The third-order valence-corrected chi connectivity index (χ3v) is 6.66. The van der Waals surface area contributed by atoms with Gasteiger partial charge in [-0.05, 0) is 12.1 Å². The molecule has 1 aliphatic rings. The first kappa shape index (κ1) is 16.5. The number of sulfonamides is 1. The van der Waals surface area contributed by atoms with Crippen LogP contribution in [0.2, 0.25) is 0 Å². The average molecular weight is 329 g/mol. The van der Waals surface area contributed by atoms with Gasteiger partial charge in [0.25, 0.3) is 0 Å². The number of nitrogens with two attached hydrogens (primary N) is 1. The smallest absolute Gasteiger partial charge is 0.244 e. The van der Waals surface area contributed by atoms with Crippen molar-refractivity contribution in [2.75, 3.05) is 37.8 Å². The van der Waals surface area contributed by atoms with Crippen LogP contribution in [0, 0.1) is 0 Å². The average Bonchev–Trinajstić information content (AvgIpc) is 2.37. The molecule has 1 aliphatic heterocycles. The van der Waals surface area contributed by atoms with E-state index in [1.807, 2.05) is 17.8 Å². The highest BCUT2D eigenvalue weighted by atomic mass is 32.2. The minimum Gasteiger partial charge on any atom is -0.396 e. The van der Waals surface area contributed by atoms with E-state index in [1.54, 1.807) is 12.1 Å². The van der Waals surface area contributed by atoms with Crippen molar-refractivity contribution in [3.63, 3.8) is 0 Å². The van der Waals surface area contributed by atoms with Crippen molar-refractivity contribution in [1.82, 2.24) is 4.31 Å². The van der Waals surface area contributed by atoms with E-state index in [9.17, 15) is 8.42 Å². The summed E-state index contributed by atoms with van der Waals surface area (Å²) < 4.78 is 25.9. The summed E-state index contributed by atoms with van der Waals surface area (Å²) in [4.78, 5) is 2.37. The molecule has 0 saturated carbocycles. The maximum atomic E-state index is 12.3. The lowest BCUT2D eigenvalue weighted by molar-refractivity contribution is 0.521. The third kappa shape index (κ3) is 3.30. The summed E-state index contributed by atoms with van der Waals surface area (Å²) in [6, 6.07) is 5.23. The molecule has 1 aromatic carbocycles. The molecule has 1 saturated heterocycles. The largest absolute Gasteiger partial charge is 0.396 e. The van der Waals surface area contributed by atoms with Gasteiger partial charge in [-0.3, -0.25) is 0 Å². The van der Waals surface area contributed by atoms with Crippen molar-refractivity contribution in [3.8, 4) is 0 Å². The molecular weight excluding hydrogens is 306 g/mol. The minimum absolute atomic E-state index is 0.184. The Morgan fingerprint density at radius 2 is 1.81 bits per heavy atom. The summed E-state index contributed by atoms with van der Waals surface area (Å²) in [5, 5.41) is 1.00. The fourth-order valence-electron chi connectivity index (χ4n) is 2.60. The summed E-state index contributed by atoms with van der Waals surface area (Å²) in [7, 11) is -0.485. The summed E-state index contributed by atoms with van der Waals surface area (Å²) >= 11 is 1.95. The number of hydrogen-bond acceptors (Lipinski definition) is 5. The molecule has 1 aromatic rings. The van der Waals surface area contributed by atoms with E-state index in [4.69, 9.17) is 5.73 Å². The summed E-state index contributed by atoms with van der Waals surface area (Å²) in [6.45, 7) is 6.13. The number of rotatable bonds is 3. The van der Waals surface area contributed by atoms with Crippen molar-refractivity contribution in [1.29, 1.82) is 0 Å². The fourth-order valence-corrected chi connectivity index (χ4v) is 4.96. The molecule has 118 valence electrons. The molecule has 0 radical (unpaired) electrons. The molecule has 0 aliphatic carbocycles. The molecule has 0 amide bonds. The highest BCUT2D eigenvalue weighted by Gasteiger charge is 2.27. The monoisotopic (exact) mass is 329 g/mol. The zero-order valence-corrected chi connectivity index (χ0v) is 14.5. The van der Waals surface area contributed by atoms with E-state index in [0.29, 0.717) is 16.2 Å². The SMILES string of the molecule is CC1CN(c2cccc(S(=O)(=O)N(C)C)c2N)CC(C)S1. The molecule has 7 heteroatoms. The number of para-hydroxylation sites is 1. The maximum absolute atomic E-state index is 12.3. The lowest BCUT2D eigenvalue weighted by Crippen LogP contribution is -2.41. The van der Waals surface area contributed by atoms with Crippen LogP contribution in [0.5, 0.6) is 0 Å². The van der Waals surface area contributed by atoms with Crippen LogP contribution in [-0.4, -0.2) is 50.4 Å². The summed E-state index contributed by atoms with van der Waals surface area (Å²) in [5.74, 6) is 0. The van der Waals surface area contributed by atoms with E-state index >= 15 is 0 Å².